The van der Waals surface area contributed by atoms with Gasteiger partial charge in [-0.15, -0.1) is 0 Å². The van der Waals surface area contributed by atoms with Crippen LogP contribution >= 0.6 is 0 Å². The van der Waals surface area contributed by atoms with Gasteiger partial charge >= 0.3 is 5.97 Å². The number of esters is 1. The average Bonchev–Trinajstić information content (AvgIpc) is 3.09. The van der Waals surface area contributed by atoms with Crippen molar-refractivity contribution in [3.05, 3.63) is 30.2 Å². The molecular formula is C16H18N2O5. The molecule has 0 saturated carbocycles. The van der Waals surface area contributed by atoms with Crippen molar-refractivity contribution >= 4 is 5.97 Å². The van der Waals surface area contributed by atoms with Crippen molar-refractivity contribution < 1.29 is 23.5 Å². The van der Waals surface area contributed by atoms with Crippen LogP contribution < -0.4 is 4.74 Å². The fraction of sp³-hybridized carbons (Fsp3) is 0.438. The Balaban J connectivity index is 1.59. The molecule has 2 heterocycles. The number of methoxy groups -OCH3 is 1. The summed E-state index contributed by atoms with van der Waals surface area (Å²) in [6.45, 7) is 1.17. The first-order valence-corrected chi connectivity index (χ1v) is 7.47. The third kappa shape index (κ3) is 3.87. The molecule has 0 bridgehead atoms. The van der Waals surface area contributed by atoms with E-state index in [1.807, 2.05) is 24.3 Å². The quantitative estimate of drug-likeness (QED) is 0.781. The van der Waals surface area contributed by atoms with Crippen molar-refractivity contribution in [3.63, 3.8) is 0 Å². The molecule has 0 N–H and O–H groups in total. The van der Waals surface area contributed by atoms with Crippen LogP contribution in [0, 0.1) is 5.92 Å². The number of hydrogen-bond donors (Lipinski definition) is 0. The Morgan fingerprint density at radius 2 is 2.17 bits per heavy atom. The molecule has 7 nitrogen and oxygen atoms in total. The number of hydrogen-bond acceptors (Lipinski definition) is 7. The number of nitrogens with zero attached hydrogens (tertiary/aromatic N) is 2. The molecule has 0 atom stereocenters. The number of aromatic nitrogens is 2. The van der Waals surface area contributed by atoms with Gasteiger partial charge in [0, 0.05) is 18.8 Å². The Kier molecular flexibility index (Phi) is 4.87. The first kappa shape index (κ1) is 15.5. The summed E-state index contributed by atoms with van der Waals surface area (Å²) in [5, 5.41) is 3.90. The van der Waals surface area contributed by atoms with Gasteiger partial charge in [-0.05, 0) is 25.0 Å². The second-order valence-corrected chi connectivity index (χ2v) is 5.24. The van der Waals surface area contributed by atoms with Crippen molar-refractivity contribution in [1.82, 2.24) is 10.1 Å². The summed E-state index contributed by atoms with van der Waals surface area (Å²) < 4.78 is 20.8. The van der Waals surface area contributed by atoms with E-state index >= 15 is 0 Å². The largest absolute Gasteiger partial charge is 0.497 e. The lowest BCUT2D eigenvalue weighted by Crippen LogP contribution is -2.25. The maximum atomic E-state index is 11.9. The zero-order valence-corrected chi connectivity index (χ0v) is 12.9. The van der Waals surface area contributed by atoms with Gasteiger partial charge in [-0.2, -0.15) is 4.98 Å². The minimum Gasteiger partial charge on any atom is -0.497 e. The lowest BCUT2D eigenvalue weighted by Gasteiger charge is -2.19. The molecular weight excluding hydrogens is 300 g/mol. The number of carbonyl (C=O) groups is 1. The van der Waals surface area contributed by atoms with Crippen molar-refractivity contribution in [1.29, 1.82) is 0 Å². The molecule has 7 heteroatoms. The monoisotopic (exact) mass is 318 g/mol. The molecule has 2 aromatic rings. The summed E-state index contributed by atoms with van der Waals surface area (Å²) in [6, 6.07) is 7.34. The number of benzene rings is 1. The van der Waals surface area contributed by atoms with Crippen LogP contribution in [0.15, 0.2) is 28.8 Å². The van der Waals surface area contributed by atoms with Crippen LogP contribution in [0.1, 0.15) is 18.7 Å². The Morgan fingerprint density at radius 1 is 1.35 bits per heavy atom. The van der Waals surface area contributed by atoms with Crippen molar-refractivity contribution in [2.24, 2.45) is 5.92 Å². The Labute approximate surface area is 133 Å². The third-order valence-electron chi connectivity index (χ3n) is 3.69. The summed E-state index contributed by atoms with van der Waals surface area (Å²) in [5.74, 6) is 1.06. The van der Waals surface area contributed by atoms with E-state index in [4.69, 9.17) is 18.7 Å². The molecule has 23 heavy (non-hydrogen) atoms. The van der Waals surface area contributed by atoms with Crippen LogP contribution in [0.5, 0.6) is 5.75 Å². The lowest BCUT2D eigenvalue weighted by molar-refractivity contribution is -0.153. The van der Waals surface area contributed by atoms with Gasteiger partial charge in [0.1, 0.15) is 5.75 Å². The molecule has 1 saturated heterocycles. The van der Waals surface area contributed by atoms with Gasteiger partial charge in [0.25, 0.3) is 5.89 Å². The first-order valence-electron chi connectivity index (χ1n) is 7.47. The Morgan fingerprint density at radius 3 is 2.96 bits per heavy atom. The molecule has 3 rings (SSSR count). The molecule has 0 spiro atoms. The predicted octanol–water partition coefficient (Wildman–Crippen LogP) is 2.21. The van der Waals surface area contributed by atoms with E-state index in [1.165, 1.54) is 0 Å². The van der Waals surface area contributed by atoms with Gasteiger partial charge in [0.15, 0.2) is 6.61 Å². The van der Waals surface area contributed by atoms with Crippen molar-refractivity contribution in [3.8, 4) is 17.1 Å². The molecule has 1 aliphatic rings. The highest BCUT2D eigenvalue weighted by molar-refractivity contribution is 5.72. The van der Waals surface area contributed by atoms with Crippen LogP contribution in [0.25, 0.3) is 11.4 Å². The predicted molar refractivity (Wildman–Crippen MR) is 79.6 cm³/mol. The topological polar surface area (TPSA) is 83.7 Å². The fourth-order valence-electron chi connectivity index (χ4n) is 2.38. The third-order valence-corrected chi connectivity index (χ3v) is 3.69. The molecule has 1 aromatic heterocycles. The van der Waals surface area contributed by atoms with Crippen LogP contribution in [0.4, 0.5) is 0 Å². The lowest BCUT2D eigenvalue weighted by atomic mass is 10.0. The molecule has 0 aliphatic carbocycles. The highest BCUT2D eigenvalue weighted by Gasteiger charge is 2.23. The van der Waals surface area contributed by atoms with E-state index in [1.54, 1.807) is 7.11 Å². The minimum atomic E-state index is -0.241. The van der Waals surface area contributed by atoms with Crippen molar-refractivity contribution in [2.45, 2.75) is 19.4 Å². The zero-order chi connectivity index (χ0) is 16.1. The second kappa shape index (κ2) is 7.23. The summed E-state index contributed by atoms with van der Waals surface area (Å²) in [5.41, 5.74) is 0.773. The Hall–Kier alpha value is -2.41. The SMILES string of the molecule is COc1cccc(-c2noc(COC(=O)C3CCOCC3)n2)c1. The summed E-state index contributed by atoms with van der Waals surface area (Å²) in [6.07, 6.45) is 1.38. The molecule has 0 radical (unpaired) electrons. The average molecular weight is 318 g/mol. The van der Waals surface area contributed by atoms with Crippen molar-refractivity contribution in [2.75, 3.05) is 20.3 Å². The van der Waals surface area contributed by atoms with Crippen LogP contribution in [0.2, 0.25) is 0 Å². The van der Waals surface area contributed by atoms with Crippen LogP contribution in [0.3, 0.4) is 0 Å². The minimum absolute atomic E-state index is 0.0207. The molecule has 0 unspecified atom stereocenters. The highest BCUT2D eigenvalue weighted by atomic mass is 16.6. The van der Waals surface area contributed by atoms with Gasteiger partial charge in [0.2, 0.25) is 5.82 Å². The first-order chi connectivity index (χ1) is 11.3. The van der Waals surface area contributed by atoms with Gasteiger partial charge in [-0.3, -0.25) is 4.79 Å². The van der Waals surface area contributed by atoms with Crippen LogP contribution in [-0.4, -0.2) is 36.4 Å². The van der Waals surface area contributed by atoms with E-state index < -0.39 is 0 Å². The number of rotatable bonds is 5. The molecule has 0 amide bonds. The van der Waals surface area contributed by atoms with E-state index in [0.29, 0.717) is 37.6 Å². The second-order valence-electron chi connectivity index (χ2n) is 5.24. The zero-order valence-electron chi connectivity index (χ0n) is 12.9. The van der Waals surface area contributed by atoms with Gasteiger partial charge in [0.05, 0.1) is 13.0 Å². The van der Waals surface area contributed by atoms with E-state index in [-0.39, 0.29) is 24.4 Å². The smallest absolute Gasteiger partial charge is 0.309 e. The highest BCUT2D eigenvalue weighted by Crippen LogP contribution is 2.22. The fourth-order valence-corrected chi connectivity index (χ4v) is 2.38. The molecule has 1 fully saturated rings. The van der Waals surface area contributed by atoms with E-state index in [9.17, 15) is 4.79 Å². The van der Waals surface area contributed by atoms with E-state index in [0.717, 1.165) is 5.56 Å². The maximum absolute atomic E-state index is 11.9. The van der Waals surface area contributed by atoms with Crippen LogP contribution in [-0.2, 0) is 20.9 Å². The summed E-state index contributed by atoms with van der Waals surface area (Å²) in [7, 11) is 1.59. The number of carbonyl (C=O) groups excluding carboxylic acids is 1. The normalized spacial score (nSPS) is 15.3. The molecule has 1 aromatic carbocycles. The van der Waals surface area contributed by atoms with E-state index in [2.05, 4.69) is 10.1 Å². The number of ether oxygens (including phenoxy) is 3. The van der Waals surface area contributed by atoms with Gasteiger partial charge < -0.3 is 18.7 Å². The standard InChI is InChI=1S/C16H18N2O5/c1-20-13-4-2-3-12(9-13)15-17-14(23-18-15)10-22-16(19)11-5-7-21-8-6-11/h2-4,9,11H,5-8,10H2,1H3. The van der Waals surface area contributed by atoms with Gasteiger partial charge in [-0.1, -0.05) is 17.3 Å². The summed E-state index contributed by atoms with van der Waals surface area (Å²) in [4.78, 5) is 16.2. The molecule has 1 aliphatic heterocycles. The summed E-state index contributed by atoms with van der Waals surface area (Å²) >= 11 is 0. The Bertz CT molecular complexity index is 664. The maximum Gasteiger partial charge on any atom is 0.309 e. The van der Waals surface area contributed by atoms with Gasteiger partial charge in [-0.25, -0.2) is 0 Å². The molecule has 122 valence electrons.